The van der Waals surface area contributed by atoms with E-state index in [0.717, 1.165) is 22.9 Å². The summed E-state index contributed by atoms with van der Waals surface area (Å²) in [6.07, 6.45) is 2.48. The molecule has 1 aromatic carbocycles. The molecule has 138 valence electrons. The average molecular weight is 426 g/mol. The number of hydrogen-bond acceptors (Lipinski definition) is 7. The predicted octanol–water partition coefficient (Wildman–Crippen LogP) is 3.35. The summed E-state index contributed by atoms with van der Waals surface area (Å²) in [5.74, 6) is -2.38. The molecule has 0 aliphatic carbocycles. The monoisotopic (exact) mass is 425 g/mol. The number of thiocarbonyl (C=S) groups is 1. The zero-order valence-corrected chi connectivity index (χ0v) is 15.6. The van der Waals surface area contributed by atoms with Crippen molar-refractivity contribution >= 4 is 57.9 Å². The van der Waals surface area contributed by atoms with Gasteiger partial charge in [-0.2, -0.15) is 9.37 Å². The number of aromatic nitrogens is 2. The van der Waals surface area contributed by atoms with Gasteiger partial charge >= 0.3 is 5.97 Å². The van der Waals surface area contributed by atoms with Crippen LogP contribution in [0.1, 0.15) is 5.56 Å². The van der Waals surface area contributed by atoms with Crippen LogP contribution in [0.5, 0.6) is 11.6 Å². The second kappa shape index (κ2) is 7.99. The standard InChI is InChI=1S/C16H9ClFN3O4S2/c17-15-19-6-10(18)13(20-15)25-9-3-1-8(2-4-9)5-11-14(24)21(7-12(22)23)16(26)27-11/h1-6H,7H2,(H,22,23). The lowest BCUT2D eigenvalue weighted by atomic mass is 10.2. The highest BCUT2D eigenvalue weighted by molar-refractivity contribution is 8.26. The summed E-state index contributed by atoms with van der Waals surface area (Å²) < 4.78 is 19.1. The molecule has 0 unspecified atom stereocenters. The summed E-state index contributed by atoms with van der Waals surface area (Å²) in [6.45, 7) is -0.484. The number of halogens is 2. The Morgan fingerprint density at radius 3 is 2.78 bits per heavy atom. The normalized spacial score (nSPS) is 15.5. The highest BCUT2D eigenvalue weighted by Gasteiger charge is 2.33. The predicted molar refractivity (Wildman–Crippen MR) is 101 cm³/mol. The summed E-state index contributed by atoms with van der Waals surface area (Å²) in [5, 5.41) is 8.69. The molecule has 2 heterocycles. The van der Waals surface area contributed by atoms with E-state index in [0.29, 0.717) is 16.2 Å². The first-order chi connectivity index (χ1) is 12.8. The van der Waals surface area contributed by atoms with Crippen LogP contribution in [0.4, 0.5) is 4.39 Å². The second-order valence-corrected chi connectivity index (χ2v) is 7.14. The Hall–Kier alpha value is -2.56. The molecule has 7 nitrogen and oxygen atoms in total. The van der Waals surface area contributed by atoms with Crippen molar-refractivity contribution in [3.8, 4) is 11.6 Å². The molecular formula is C16H9ClFN3O4S2. The number of aliphatic carboxylic acids is 1. The van der Waals surface area contributed by atoms with Gasteiger partial charge in [-0.1, -0.05) is 36.1 Å². The number of benzene rings is 1. The molecule has 11 heteroatoms. The number of hydrogen-bond donors (Lipinski definition) is 1. The molecule has 1 amide bonds. The lowest BCUT2D eigenvalue weighted by Crippen LogP contribution is -2.33. The molecule has 1 aliphatic rings. The second-order valence-electron chi connectivity index (χ2n) is 5.12. The van der Waals surface area contributed by atoms with Crippen LogP contribution in [0.2, 0.25) is 5.28 Å². The Bertz CT molecular complexity index is 969. The summed E-state index contributed by atoms with van der Waals surface area (Å²) >= 11 is 11.7. The fourth-order valence-electron chi connectivity index (χ4n) is 2.07. The molecule has 1 aliphatic heterocycles. The zero-order valence-electron chi connectivity index (χ0n) is 13.3. The molecule has 1 fully saturated rings. The summed E-state index contributed by atoms with van der Waals surface area (Å²) in [4.78, 5) is 31.5. The van der Waals surface area contributed by atoms with Gasteiger partial charge in [0.1, 0.15) is 16.6 Å². The van der Waals surface area contributed by atoms with E-state index in [9.17, 15) is 14.0 Å². The highest BCUT2D eigenvalue weighted by atomic mass is 35.5. The van der Waals surface area contributed by atoms with Crippen molar-refractivity contribution in [1.29, 1.82) is 0 Å². The molecule has 0 saturated carbocycles. The molecule has 0 atom stereocenters. The summed E-state index contributed by atoms with van der Waals surface area (Å²) in [6, 6.07) is 6.39. The van der Waals surface area contributed by atoms with E-state index in [-0.39, 0.29) is 15.5 Å². The SMILES string of the molecule is O=C(O)CN1C(=O)C(=Cc2ccc(Oc3nc(Cl)ncc3F)cc2)SC1=S. The third-order valence-corrected chi connectivity index (χ3v) is 4.80. The topological polar surface area (TPSA) is 92.6 Å². The molecule has 3 rings (SSSR count). The van der Waals surface area contributed by atoms with E-state index in [1.54, 1.807) is 30.3 Å². The van der Waals surface area contributed by atoms with Gasteiger partial charge in [0.05, 0.1) is 11.1 Å². The van der Waals surface area contributed by atoms with Gasteiger partial charge in [0.15, 0.2) is 0 Å². The number of thioether (sulfide) groups is 1. The van der Waals surface area contributed by atoms with E-state index in [1.165, 1.54) is 0 Å². The first-order valence-corrected chi connectivity index (χ1v) is 8.87. The van der Waals surface area contributed by atoms with E-state index in [1.807, 2.05) is 0 Å². The minimum atomic E-state index is -1.15. The molecule has 1 N–H and O–H groups in total. The van der Waals surface area contributed by atoms with Gasteiger partial charge in [0.25, 0.3) is 11.8 Å². The number of carbonyl (C=O) groups excluding carboxylic acids is 1. The Morgan fingerprint density at radius 2 is 2.11 bits per heavy atom. The van der Waals surface area contributed by atoms with Crippen molar-refractivity contribution in [3.63, 3.8) is 0 Å². The first-order valence-electron chi connectivity index (χ1n) is 7.26. The summed E-state index contributed by atoms with van der Waals surface area (Å²) in [7, 11) is 0. The third kappa shape index (κ3) is 4.59. The quantitative estimate of drug-likeness (QED) is 0.443. The maximum absolute atomic E-state index is 13.6. The number of carbonyl (C=O) groups is 2. The van der Waals surface area contributed by atoms with Gasteiger partial charge < -0.3 is 9.84 Å². The maximum Gasteiger partial charge on any atom is 0.323 e. The van der Waals surface area contributed by atoms with Gasteiger partial charge in [0.2, 0.25) is 11.1 Å². The maximum atomic E-state index is 13.6. The van der Waals surface area contributed by atoms with E-state index < -0.39 is 24.2 Å². The number of ether oxygens (including phenoxy) is 1. The lowest BCUT2D eigenvalue weighted by Gasteiger charge is -2.10. The molecule has 1 aromatic heterocycles. The van der Waals surface area contributed by atoms with Crippen molar-refractivity contribution in [1.82, 2.24) is 14.9 Å². The van der Waals surface area contributed by atoms with E-state index in [4.69, 9.17) is 33.7 Å². The van der Waals surface area contributed by atoms with Gasteiger partial charge in [-0.15, -0.1) is 0 Å². The number of carboxylic acid groups (broad SMARTS) is 1. The van der Waals surface area contributed by atoms with Crippen LogP contribution in [0, 0.1) is 5.82 Å². The number of carboxylic acids is 1. The molecule has 0 bridgehead atoms. The van der Waals surface area contributed by atoms with Crippen molar-refractivity contribution in [2.24, 2.45) is 0 Å². The largest absolute Gasteiger partial charge is 0.480 e. The number of amides is 1. The average Bonchev–Trinajstić information content (AvgIpc) is 2.87. The molecule has 0 spiro atoms. The third-order valence-electron chi connectivity index (χ3n) is 3.24. The highest BCUT2D eigenvalue weighted by Crippen LogP contribution is 2.32. The van der Waals surface area contributed by atoms with Gasteiger partial charge in [-0.05, 0) is 35.4 Å². The van der Waals surface area contributed by atoms with Crippen LogP contribution in [0.25, 0.3) is 6.08 Å². The summed E-state index contributed by atoms with van der Waals surface area (Å²) in [5.41, 5.74) is 0.652. The van der Waals surface area contributed by atoms with E-state index >= 15 is 0 Å². The Balaban J connectivity index is 1.75. The van der Waals surface area contributed by atoms with Crippen molar-refractivity contribution in [2.75, 3.05) is 6.54 Å². The van der Waals surface area contributed by atoms with E-state index in [2.05, 4.69) is 9.97 Å². The Morgan fingerprint density at radius 1 is 1.41 bits per heavy atom. The minimum Gasteiger partial charge on any atom is -0.480 e. The fourth-order valence-corrected chi connectivity index (χ4v) is 3.45. The van der Waals surface area contributed by atoms with Gasteiger partial charge in [0, 0.05) is 0 Å². The molecule has 1 saturated heterocycles. The van der Waals surface area contributed by atoms with Crippen LogP contribution >= 0.6 is 35.6 Å². The minimum absolute atomic E-state index is 0.147. The number of nitrogens with zero attached hydrogens (tertiary/aromatic N) is 3. The molecule has 27 heavy (non-hydrogen) atoms. The van der Waals surface area contributed by atoms with Crippen molar-refractivity contribution in [2.45, 2.75) is 0 Å². The number of rotatable bonds is 5. The smallest absolute Gasteiger partial charge is 0.323 e. The lowest BCUT2D eigenvalue weighted by molar-refractivity contribution is -0.140. The Kier molecular flexibility index (Phi) is 5.68. The van der Waals surface area contributed by atoms with Crippen LogP contribution in [-0.2, 0) is 9.59 Å². The molecule has 2 aromatic rings. The molecular weight excluding hydrogens is 417 g/mol. The molecule has 0 radical (unpaired) electrons. The van der Waals surface area contributed by atoms with Gasteiger partial charge in [-0.3, -0.25) is 14.5 Å². The fraction of sp³-hybridized carbons (Fsp3) is 0.0625. The first kappa shape index (κ1) is 19.2. The van der Waals surface area contributed by atoms with Crippen LogP contribution in [0.15, 0.2) is 35.4 Å². The van der Waals surface area contributed by atoms with Crippen molar-refractivity contribution in [3.05, 3.63) is 52.0 Å². The van der Waals surface area contributed by atoms with Crippen molar-refractivity contribution < 1.29 is 23.8 Å². The zero-order chi connectivity index (χ0) is 19.6. The van der Waals surface area contributed by atoms with Gasteiger partial charge in [-0.25, -0.2) is 4.98 Å². The van der Waals surface area contributed by atoms with Crippen LogP contribution < -0.4 is 4.74 Å². The Labute approximate surface area is 166 Å². The van der Waals surface area contributed by atoms with Crippen LogP contribution in [-0.4, -0.2) is 42.7 Å². The van der Waals surface area contributed by atoms with Crippen LogP contribution in [0.3, 0.4) is 0 Å².